The van der Waals surface area contributed by atoms with Gasteiger partial charge in [0.15, 0.2) is 0 Å². The molecular formula is C14H14FN3O. The SMILES string of the molecule is NC(=O)c1cccc(CNc2cc(F)ccc2N)c1. The number of hydrogen-bond acceptors (Lipinski definition) is 3. The molecule has 0 aliphatic carbocycles. The second-order valence-corrected chi connectivity index (χ2v) is 4.15. The van der Waals surface area contributed by atoms with Gasteiger partial charge in [-0.15, -0.1) is 0 Å². The maximum Gasteiger partial charge on any atom is 0.248 e. The van der Waals surface area contributed by atoms with Crippen LogP contribution in [0.2, 0.25) is 0 Å². The van der Waals surface area contributed by atoms with Crippen molar-refractivity contribution in [3.8, 4) is 0 Å². The lowest BCUT2D eigenvalue weighted by Crippen LogP contribution is -2.11. The molecule has 5 heteroatoms. The maximum atomic E-state index is 13.1. The number of amides is 1. The van der Waals surface area contributed by atoms with Crippen LogP contribution in [0.4, 0.5) is 15.8 Å². The van der Waals surface area contributed by atoms with Crippen molar-refractivity contribution < 1.29 is 9.18 Å². The Labute approximate surface area is 110 Å². The van der Waals surface area contributed by atoms with Gasteiger partial charge in [-0.25, -0.2) is 4.39 Å². The minimum atomic E-state index is -0.480. The highest BCUT2D eigenvalue weighted by molar-refractivity contribution is 5.92. The van der Waals surface area contributed by atoms with Crippen LogP contribution in [0.1, 0.15) is 15.9 Å². The second kappa shape index (κ2) is 5.39. The molecule has 1 amide bonds. The van der Waals surface area contributed by atoms with Crippen molar-refractivity contribution in [2.45, 2.75) is 6.54 Å². The molecule has 0 aromatic heterocycles. The van der Waals surface area contributed by atoms with Crippen LogP contribution < -0.4 is 16.8 Å². The van der Waals surface area contributed by atoms with Gasteiger partial charge in [0, 0.05) is 12.1 Å². The molecule has 0 radical (unpaired) electrons. The lowest BCUT2D eigenvalue weighted by molar-refractivity contribution is 0.1000. The topological polar surface area (TPSA) is 81.1 Å². The number of hydrogen-bond donors (Lipinski definition) is 3. The molecule has 0 aliphatic rings. The Morgan fingerprint density at radius 2 is 2.00 bits per heavy atom. The normalized spacial score (nSPS) is 10.2. The van der Waals surface area contributed by atoms with Crippen molar-refractivity contribution in [2.24, 2.45) is 5.73 Å². The largest absolute Gasteiger partial charge is 0.397 e. The standard InChI is InChI=1S/C14H14FN3O/c15-11-4-5-12(16)13(7-11)18-8-9-2-1-3-10(6-9)14(17)19/h1-7,18H,8,16H2,(H2,17,19). The van der Waals surface area contributed by atoms with E-state index in [1.165, 1.54) is 18.2 Å². The molecule has 0 unspecified atom stereocenters. The third-order valence-corrected chi connectivity index (χ3v) is 2.71. The monoisotopic (exact) mass is 259 g/mol. The summed E-state index contributed by atoms with van der Waals surface area (Å²) in [4.78, 5) is 11.1. The lowest BCUT2D eigenvalue weighted by Gasteiger charge is -2.10. The van der Waals surface area contributed by atoms with Crippen LogP contribution in [0.3, 0.4) is 0 Å². The number of nitrogens with one attached hydrogen (secondary N) is 1. The summed E-state index contributed by atoms with van der Waals surface area (Å²) in [6.45, 7) is 0.425. The van der Waals surface area contributed by atoms with E-state index in [0.29, 0.717) is 23.5 Å². The van der Waals surface area contributed by atoms with Crippen LogP contribution in [0.5, 0.6) is 0 Å². The average molecular weight is 259 g/mol. The molecule has 0 bridgehead atoms. The maximum absolute atomic E-state index is 13.1. The number of nitrogens with two attached hydrogens (primary N) is 2. The third kappa shape index (κ3) is 3.22. The zero-order valence-electron chi connectivity index (χ0n) is 10.2. The fraction of sp³-hybridized carbons (Fsp3) is 0.0714. The van der Waals surface area contributed by atoms with Gasteiger partial charge in [0.1, 0.15) is 5.82 Å². The van der Waals surface area contributed by atoms with Crippen molar-refractivity contribution in [3.05, 3.63) is 59.4 Å². The Morgan fingerprint density at radius 1 is 1.21 bits per heavy atom. The van der Waals surface area contributed by atoms with Crippen molar-refractivity contribution >= 4 is 17.3 Å². The molecular weight excluding hydrogens is 245 g/mol. The molecule has 0 fully saturated rings. The molecule has 2 rings (SSSR count). The Bertz CT molecular complexity index is 613. The van der Waals surface area contributed by atoms with E-state index in [9.17, 15) is 9.18 Å². The van der Waals surface area contributed by atoms with Crippen LogP contribution in [0.25, 0.3) is 0 Å². The van der Waals surface area contributed by atoms with Gasteiger partial charge in [-0.3, -0.25) is 4.79 Å². The Morgan fingerprint density at radius 3 is 2.74 bits per heavy atom. The first-order valence-corrected chi connectivity index (χ1v) is 5.74. The molecule has 0 heterocycles. The molecule has 0 aliphatic heterocycles. The van der Waals surface area contributed by atoms with Crippen LogP contribution in [0.15, 0.2) is 42.5 Å². The van der Waals surface area contributed by atoms with Gasteiger partial charge in [0.05, 0.1) is 11.4 Å². The Hall–Kier alpha value is -2.56. The summed E-state index contributed by atoms with van der Waals surface area (Å²) in [6, 6.07) is 11.0. The zero-order chi connectivity index (χ0) is 13.8. The quantitative estimate of drug-likeness (QED) is 0.736. The van der Waals surface area contributed by atoms with Gasteiger partial charge in [-0.2, -0.15) is 0 Å². The van der Waals surface area contributed by atoms with E-state index in [4.69, 9.17) is 11.5 Å². The van der Waals surface area contributed by atoms with Crippen LogP contribution in [-0.4, -0.2) is 5.91 Å². The number of benzene rings is 2. The fourth-order valence-corrected chi connectivity index (χ4v) is 1.71. The smallest absolute Gasteiger partial charge is 0.248 e. The summed E-state index contributed by atoms with van der Waals surface area (Å²) < 4.78 is 13.1. The summed E-state index contributed by atoms with van der Waals surface area (Å²) in [5.41, 5.74) is 13.2. The van der Waals surface area contributed by atoms with Crippen LogP contribution in [-0.2, 0) is 6.54 Å². The third-order valence-electron chi connectivity index (χ3n) is 2.71. The van der Waals surface area contributed by atoms with E-state index in [1.54, 1.807) is 18.2 Å². The van der Waals surface area contributed by atoms with Gasteiger partial charge in [0.2, 0.25) is 5.91 Å². The first-order valence-electron chi connectivity index (χ1n) is 5.74. The highest BCUT2D eigenvalue weighted by Crippen LogP contribution is 2.20. The Kier molecular flexibility index (Phi) is 3.66. The van der Waals surface area contributed by atoms with Crippen LogP contribution >= 0.6 is 0 Å². The predicted molar refractivity (Wildman–Crippen MR) is 73.1 cm³/mol. The summed E-state index contributed by atoms with van der Waals surface area (Å²) in [7, 11) is 0. The van der Waals surface area contributed by atoms with Gasteiger partial charge in [-0.05, 0) is 35.9 Å². The number of carbonyl (C=O) groups excluding carboxylic acids is 1. The molecule has 0 atom stereocenters. The van der Waals surface area contributed by atoms with Gasteiger partial charge in [-0.1, -0.05) is 12.1 Å². The second-order valence-electron chi connectivity index (χ2n) is 4.15. The van der Waals surface area contributed by atoms with Crippen LogP contribution in [0, 0.1) is 5.82 Å². The molecule has 0 saturated heterocycles. The zero-order valence-corrected chi connectivity index (χ0v) is 10.2. The van der Waals surface area contributed by atoms with Gasteiger partial charge >= 0.3 is 0 Å². The number of halogens is 1. The van der Waals surface area contributed by atoms with E-state index in [1.807, 2.05) is 6.07 Å². The van der Waals surface area contributed by atoms with Crippen molar-refractivity contribution in [1.29, 1.82) is 0 Å². The lowest BCUT2D eigenvalue weighted by atomic mass is 10.1. The molecule has 19 heavy (non-hydrogen) atoms. The molecule has 0 spiro atoms. The van der Waals surface area contributed by atoms with Crippen molar-refractivity contribution in [1.82, 2.24) is 0 Å². The number of primary amides is 1. The van der Waals surface area contributed by atoms with E-state index < -0.39 is 5.91 Å². The number of nitrogen functional groups attached to an aromatic ring is 1. The van der Waals surface area contributed by atoms with Gasteiger partial charge < -0.3 is 16.8 Å². The molecule has 2 aromatic rings. The van der Waals surface area contributed by atoms with E-state index in [2.05, 4.69) is 5.32 Å². The number of rotatable bonds is 4. The van der Waals surface area contributed by atoms with Crippen molar-refractivity contribution in [3.63, 3.8) is 0 Å². The first-order chi connectivity index (χ1) is 9.06. The molecule has 2 aromatic carbocycles. The fourth-order valence-electron chi connectivity index (χ4n) is 1.71. The minimum absolute atomic E-state index is 0.359. The first kappa shape index (κ1) is 12.9. The highest BCUT2D eigenvalue weighted by Gasteiger charge is 2.03. The average Bonchev–Trinajstić information content (AvgIpc) is 2.40. The summed E-state index contributed by atoms with van der Waals surface area (Å²) >= 11 is 0. The molecule has 0 saturated carbocycles. The molecule has 5 N–H and O–H groups in total. The van der Waals surface area contributed by atoms with E-state index in [-0.39, 0.29) is 5.82 Å². The Balaban J connectivity index is 2.12. The highest BCUT2D eigenvalue weighted by atomic mass is 19.1. The number of carbonyl (C=O) groups is 1. The number of anilines is 2. The van der Waals surface area contributed by atoms with Crippen molar-refractivity contribution in [2.75, 3.05) is 11.1 Å². The summed E-state index contributed by atoms with van der Waals surface area (Å²) in [6.07, 6.45) is 0. The minimum Gasteiger partial charge on any atom is -0.397 e. The van der Waals surface area contributed by atoms with E-state index >= 15 is 0 Å². The molecule has 98 valence electrons. The molecule has 4 nitrogen and oxygen atoms in total. The van der Waals surface area contributed by atoms with Gasteiger partial charge in [0.25, 0.3) is 0 Å². The van der Waals surface area contributed by atoms with E-state index in [0.717, 1.165) is 5.56 Å². The predicted octanol–water partition coefficient (Wildman–Crippen LogP) is 2.12. The summed E-state index contributed by atoms with van der Waals surface area (Å²) in [5, 5.41) is 3.02. The summed E-state index contributed by atoms with van der Waals surface area (Å²) in [5.74, 6) is -0.838.